The first kappa shape index (κ1) is 20.7. The Hall–Kier alpha value is -3.07. The monoisotopic (exact) mass is 388 g/mol. The third-order valence-corrected chi connectivity index (χ3v) is 5.19. The summed E-state index contributed by atoms with van der Waals surface area (Å²) in [7, 11) is 1.41. The van der Waals surface area contributed by atoms with E-state index in [1.165, 1.54) is 29.4 Å². The van der Waals surface area contributed by atoms with Gasteiger partial charge in [-0.3, -0.25) is 4.79 Å². The number of benzene rings is 3. The molecule has 0 saturated heterocycles. The van der Waals surface area contributed by atoms with Gasteiger partial charge in [-0.2, -0.15) is 0 Å². The minimum Gasteiger partial charge on any atom is -0.489 e. The topological polar surface area (TPSA) is 35.5 Å². The number of esters is 1. The van der Waals surface area contributed by atoms with Gasteiger partial charge in [0.1, 0.15) is 12.4 Å². The summed E-state index contributed by atoms with van der Waals surface area (Å²) in [5, 5.41) is 0. The lowest BCUT2D eigenvalue weighted by Gasteiger charge is -2.12. The Bertz CT molecular complexity index is 938. The Morgan fingerprint density at radius 3 is 2.17 bits per heavy atom. The molecule has 0 N–H and O–H groups in total. The van der Waals surface area contributed by atoms with E-state index in [0.717, 1.165) is 23.3 Å². The molecule has 0 spiro atoms. The second-order valence-corrected chi connectivity index (χ2v) is 7.38. The average molecular weight is 389 g/mol. The number of rotatable bonds is 8. The fraction of sp³-hybridized carbons (Fsp3) is 0.269. The van der Waals surface area contributed by atoms with Gasteiger partial charge in [0, 0.05) is 6.42 Å². The molecule has 0 saturated carbocycles. The van der Waals surface area contributed by atoms with Gasteiger partial charge in [0.05, 0.1) is 7.11 Å². The number of carbonyl (C=O) groups excluding carboxylic acids is 1. The van der Waals surface area contributed by atoms with E-state index < -0.39 is 0 Å². The van der Waals surface area contributed by atoms with Crippen molar-refractivity contribution in [2.45, 2.75) is 39.7 Å². The first-order valence-corrected chi connectivity index (χ1v) is 9.96. The molecular formula is C26H28O3. The van der Waals surface area contributed by atoms with Crippen molar-refractivity contribution in [2.24, 2.45) is 0 Å². The van der Waals surface area contributed by atoms with Crippen molar-refractivity contribution in [3.8, 4) is 5.75 Å². The number of methoxy groups -OCH3 is 1. The van der Waals surface area contributed by atoms with Crippen LogP contribution in [0.2, 0.25) is 0 Å². The van der Waals surface area contributed by atoms with Gasteiger partial charge in [0.2, 0.25) is 0 Å². The van der Waals surface area contributed by atoms with Gasteiger partial charge in [0.15, 0.2) is 0 Å². The number of aryl methyl sites for hydroxylation is 3. The maximum absolute atomic E-state index is 11.2. The molecule has 0 unspecified atom stereocenters. The van der Waals surface area contributed by atoms with Crippen molar-refractivity contribution in [3.63, 3.8) is 0 Å². The molecule has 29 heavy (non-hydrogen) atoms. The Morgan fingerprint density at radius 1 is 0.828 bits per heavy atom. The largest absolute Gasteiger partial charge is 0.489 e. The predicted octanol–water partition coefficient (Wildman–Crippen LogP) is 5.58. The molecule has 3 aromatic carbocycles. The minimum atomic E-state index is -0.189. The summed E-state index contributed by atoms with van der Waals surface area (Å²) in [6.45, 7) is 4.87. The second kappa shape index (κ2) is 9.92. The zero-order chi connectivity index (χ0) is 20.6. The van der Waals surface area contributed by atoms with Crippen molar-refractivity contribution in [2.75, 3.05) is 7.11 Å². The summed E-state index contributed by atoms with van der Waals surface area (Å²) in [6, 6.07) is 22.9. The maximum atomic E-state index is 11.2. The quantitative estimate of drug-likeness (QED) is 0.473. The Morgan fingerprint density at radius 2 is 1.48 bits per heavy atom. The van der Waals surface area contributed by atoms with Gasteiger partial charge < -0.3 is 9.47 Å². The summed E-state index contributed by atoms with van der Waals surface area (Å²) < 4.78 is 10.6. The van der Waals surface area contributed by atoms with Crippen LogP contribution in [0.3, 0.4) is 0 Å². The third-order valence-electron chi connectivity index (χ3n) is 5.19. The van der Waals surface area contributed by atoms with Crippen LogP contribution in [0.25, 0.3) is 0 Å². The molecule has 3 nitrogen and oxygen atoms in total. The Labute approximate surface area is 173 Å². The molecule has 0 aromatic heterocycles. The molecule has 3 aromatic rings. The highest BCUT2D eigenvalue weighted by atomic mass is 16.5. The number of carbonyl (C=O) groups is 1. The van der Waals surface area contributed by atoms with Crippen LogP contribution >= 0.6 is 0 Å². The third kappa shape index (κ3) is 5.95. The zero-order valence-electron chi connectivity index (χ0n) is 17.4. The molecular weight excluding hydrogens is 360 g/mol. The maximum Gasteiger partial charge on any atom is 0.305 e. The summed E-state index contributed by atoms with van der Waals surface area (Å²) >= 11 is 0. The van der Waals surface area contributed by atoms with E-state index in [2.05, 4.69) is 61.0 Å². The average Bonchev–Trinajstić information content (AvgIpc) is 2.74. The first-order valence-electron chi connectivity index (χ1n) is 9.96. The molecule has 0 aliphatic heterocycles. The summed E-state index contributed by atoms with van der Waals surface area (Å²) in [5.41, 5.74) is 7.61. The van der Waals surface area contributed by atoms with E-state index in [1.807, 2.05) is 24.3 Å². The van der Waals surface area contributed by atoms with E-state index in [4.69, 9.17) is 4.74 Å². The van der Waals surface area contributed by atoms with Gasteiger partial charge in [0.25, 0.3) is 0 Å². The van der Waals surface area contributed by atoms with Crippen LogP contribution < -0.4 is 4.74 Å². The van der Waals surface area contributed by atoms with Gasteiger partial charge >= 0.3 is 5.97 Å². The first-order chi connectivity index (χ1) is 14.0. The Balaban J connectivity index is 1.59. The minimum absolute atomic E-state index is 0.189. The van der Waals surface area contributed by atoms with Crippen LogP contribution in [0, 0.1) is 13.8 Å². The van der Waals surface area contributed by atoms with Crippen LogP contribution in [0.1, 0.15) is 39.8 Å². The smallest absolute Gasteiger partial charge is 0.305 e. The van der Waals surface area contributed by atoms with E-state index in [0.29, 0.717) is 19.4 Å². The highest BCUT2D eigenvalue weighted by Crippen LogP contribution is 2.20. The fourth-order valence-corrected chi connectivity index (χ4v) is 3.43. The van der Waals surface area contributed by atoms with Gasteiger partial charge in [-0.15, -0.1) is 0 Å². The molecule has 0 aliphatic rings. The van der Waals surface area contributed by atoms with Crippen LogP contribution in [0.15, 0.2) is 66.7 Å². The molecule has 0 fully saturated rings. The lowest BCUT2D eigenvalue weighted by atomic mass is 9.95. The summed E-state index contributed by atoms with van der Waals surface area (Å²) in [5.74, 6) is 0.637. The lowest BCUT2D eigenvalue weighted by molar-refractivity contribution is -0.140. The van der Waals surface area contributed by atoms with E-state index in [1.54, 1.807) is 0 Å². The van der Waals surface area contributed by atoms with Crippen molar-refractivity contribution in [1.29, 1.82) is 0 Å². The molecule has 3 rings (SSSR count). The number of hydrogen-bond acceptors (Lipinski definition) is 3. The lowest BCUT2D eigenvalue weighted by Crippen LogP contribution is -2.02. The van der Waals surface area contributed by atoms with Crippen molar-refractivity contribution < 1.29 is 14.3 Å². The van der Waals surface area contributed by atoms with Gasteiger partial charge in [-0.05, 0) is 72.2 Å². The standard InChI is InChI=1S/C26H28O3/c1-19-6-4-7-20(2)25(19)17-22-8-5-9-23(16-22)18-29-24-13-10-21(11-14-24)12-15-26(27)28-3/h4-11,13-14,16H,12,15,17-18H2,1-3H3. The van der Waals surface area contributed by atoms with Gasteiger partial charge in [-0.1, -0.05) is 54.6 Å². The molecule has 150 valence electrons. The molecule has 0 amide bonds. The highest BCUT2D eigenvalue weighted by molar-refractivity contribution is 5.69. The van der Waals surface area contributed by atoms with Crippen molar-refractivity contribution in [3.05, 3.63) is 100 Å². The van der Waals surface area contributed by atoms with Crippen LogP contribution in [0.4, 0.5) is 0 Å². The highest BCUT2D eigenvalue weighted by Gasteiger charge is 2.05. The van der Waals surface area contributed by atoms with Crippen molar-refractivity contribution in [1.82, 2.24) is 0 Å². The molecule has 0 bridgehead atoms. The normalized spacial score (nSPS) is 10.6. The van der Waals surface area contributed by atoms with Crippen LogP contribution in [0.5, 0.6) is 5.75 Å². The number of ether oxygens (including phenoxy) is 2. The molecule has 0 atom stereocenters. The predicted molar refractivity (Wildman–Crippen MR) is 116 cm³/mol. The second-order valence-electron chi connectivity index (χ2n) is 7.38. The summed E-state index contributed by atoms with van der Waals surface area (Å²) in [6.07, 6.45) is 2.00. The SMILES string of the molecule is COC(=O)CCc1ccc(OCc2cccc(Cc3c(C)cccc3C)c2)cc1. The molecule has 0 radical (unpaired) electrons. The van der Waals surface area contributed by atoms with Crippen LogP contribution in [-0.4, -0.2) is 13.1 Å². The molecule has 3 heteroatoms. The van der Waals surface area contributed by atoms with E-state index in [-0.39, 0.29) is 5.97 Å². The van der Waals surface area contributed by atoms with Gasteiger partial charge in [-0.25, -0.2) is 0 Å². The van der Waals surface area contributed by atoms with Crippen LogP contribution in [-0.2, 0) is 29.0 Å². The summed E-state index contributed by atoms with van der Waals surface area (Å²) in [4.78, 5) is 11.2. The number of hydrogen-bond donors (Lipinski definition) is 0. The Kier molecular flexibility index (Phi) is 7.07. The molecule has 0 aliphatic carbocycles. The van der Waals surface area contributed by atoms with E-state index in [9.17, 15) is 4.79 Å². The molecule has 0 heterocycles. The fourth-order valence-electron chi connectivity index (χ4n) is 3.43. The zero-order valence-corrected chi connectivity index (χ0v) is 17.4. The van der Waals surface area contributed by atoms with Crippen molar-refractivity contribution >= 4 is 5.97 Å². The van der Waals surface area contributed by atoms with E-state index >= 15 is 0 Å².